The predicted octanol–water partition coefficient (Wildman–Crippen LogP) is 5.32. The Labute approximate surface area is 132 Å². The van der Waals surface area contributed by atoms with E-state index in [-0.39, 0.29) is 5.78 Å². The molecule has 2 rings (SSSR count). The van der Waals surface area contributed by atoms with Gasteiger partial charge in [-0.2, -0.15) is 0 Å². The molecular weight excluding hydrogens is 270 g/mol. The lowest BCUT2D eigenvalue weighted by molar-refractivity contribution is 0.104. The third-order valence-electron chi connectivity index (χ3n) is 3.60. The summed E-state index contributed by atoms with van der Waals surface area (Å²) in [5.74, 6) is 0.455. The van der Waals surface area contributed by atoms with E-state index >= 15 is 0 Å². The number of anilines is 1. The number of hydrogen-bond acceptors (Lipinski definition) is 2. The van der Waals surface area contributed by atoms with Gasteiger partial charge in [0.2, 0.25) is 0 Å². The lowest BCUT2D eigenvalue weighted by atomic mass is 10.0. The summed E-state index contributed by atoms with van der Waals surface area (Å²) >= 11 is 0. The zero-order valence-corrected chi connectivity index (χ0v) is 13.7. The summed E-state index contributed by atoms with van der Waals surface area (Å²) in [6, 6.07) is 15.8. The number of ketones is 1. The highest BCUT2D eigenvalue weighted by molar-refractivity contribution is 6.05. The smallest absolute Gasteiger partial charge is 0.187 e. The van der Waals surface area contributed by atoms with E-state index in [0.29, 0.717) is 11.5 Å². The molecule has 0 bridgehead atoms. The molecule has 2 aromatic carbocycles. The molecule has 2 nitrogen and oxygen atoms in total. The van der Waals surface area contributed by atoms with Crippen LogP contribution in [0.5, 0.6) is 0 Å². The second-order valence-corrected chi connectivity index (χ2v) is 5.92. The van der Waals surface area contributed by atoms with Gasteiger partial charge in [-0.3, -0.25) is 4.79 Å². The monoisotopic (exact) mass is 293 g/mol. The Morgan fingerprint density at radius 1 is 1.05 bits per heavy atom. The molecule has 0 aliphatic heterocycles. The number of hydrogen-bond donors (Lipinski definition) is 1. The number of nitrogens with one attached hydrogen (secondary N) is 1. The van der Waals surface area contributed by atoms with Gasteiger partial charge < -0.3 is 5.32 Å². The molecule has 2 heteroatoms. The summed E-state index contributed by atoms with van der Waals surface area (Å²) in [5.41, 5.74) is 5.02. The summed E-state index contributed by atoms with van der Waals surface area (Å²) in [4.78, 5) is 12.3. The Balaban J connectivity index is 2.16. The molecule has 0 radical (unpaired) electrons. The normalized spacial score (nSPS) is 11.6. The van der Waals surface area contributed by atoms with Crippen molar-refractivity contribution in [2.24, 2.45) is 0 Å². The number of carbonyl (C=O) groups excluding carboxylic acids is 1. The van der Waals surface area contributed by atoms with Gasteiger partial charge >= 0.3 is 0 Å². The second kappa shape index (κ2) is 7.08. The molecule has 114 valence electrons. The highest BCUT2D eigenvalue weighted by atomic mass is 16.1. The molecule has 0 amide bonds. The molecule has 0 heterocycles. The van der Waals surface area contributed by atoms with Crippen molar-refractivity contribution in [3.8, 4) is 0 Å². The Bertz CT molecular complexity index is 681. The van der Waals surface area contributed by atoms with Crippen LogP contribution in [-0.4, -0.2) is 5.78 Å². The van der Waals surface area contributed by atoms with Crippen LogP contribution >= 0.6 is 0 Å². The van der Waals surface area contributed by atoms with E-state index in [4.69, 9.17) is 0 Å². The van der Waals surface area contributed by atoms with Gasteiger partial charge in [0.25, 0.3) is 0 Å². The van der Waals surface area contributed by atoms with Crippen LogP contribution in [-0.2, 0) is 0 Å². The number of aryl methyl sites for hydroxylation is 1. The minimum atomic E-state index is 0.0204. The Morgan fingerprint density at radius 2 is 1.68 bits per heavy atom. The van der Waals surface area contributed by atoms with E-state index in [0.717, 1.165) is 16.9 Å². The Morgan fingerprint density at radius 3 is 2.32 bits per heavy atom. The summed E-state index contributed by atoms with van der Waals surface area (Å²) in [6.07, 6.45) is 1.65. The summed E-state index contributed by atoms with van der Waals surface area (Å²) < 4.78 is 0. The van der Waals surface area contributed by atoms with Gasteiger partial charge in [-0.05, 0) is 31.4 Å². The summed E-state index contributed by atoms with van der Waals surface area (Å²) in [7, 11) is 0. The standard InChI is InChI=1S/C20H23NO/c1-14(2)18-7-5-6-8-19(18)21-16(4)13-20(22)17-11-9-15(3)10-12-17/h5-14,21H,1-4H3/b16-13+. The van der Waals surface area contributed by atoms with Gasteiger partial charge in [0.15, 0.2) is 5.78 Å². The minimum Gasteiger partial charge on any atom is -0.359 e. The molecule has 22 heavy (non-hydrogen) atoms. The van der Waals surface area contributed by atoms with Gasteiger partial charge in [0.1, 0.15) is 0 Å². The molecule has 2 aromatic rings. The van der Waals surface area contributed by atoms with Gasteiger partial charge in [0, 0.05) is 23.0 Å². The van der Waals surface area contributed by atoms with Crippen molar-refractivity contribution in [2.75, 3.05) is 5.32 Å². The molecule has 0 unspecified atom stereocenters. The lowest BCUT2D eigenvalue weighted by Crippen LogP contribution is -2.04. The van der Waals surface area contributed by atoms with Crippen molar-refractivity contribution in [3.63, 3.8) is 0 Å². The van der Waals surface area contributed by atoms with Crippen LogP contribution in [0.1, 0.15) is 48.2 Å². The van der Waals surface area contributed by atoms with E-state index in [2.05, 4.69) is 25.2 Å². The Hall–Kier alpha value is -2.35. The molecule has 0 aliphatic carbocycles. The van der Waals surface area contributed by atoms with Crippen molar-refractivity contribution >= 4 is 11.5 Å². The maximum absolute atomic E-state index is 12.3. The van der Waals surface area contributed by atoms with Gasteiger partial charge in [-0.15, -0.1) is 0 Å². The van der Waals surface area contributed by atoms with E-state index in [1.54, 1.807) is 6.08 Å². The molecule has 0 aliphatic rings. The van der Waals surface area contributed by atoms with Crippen LogP contribution in [0.25, 0.3) is 0 Å². The van der Waals surface area contributed by atoms with Crippen molar-refractivity contribution < 1.29 is 4.79 Å². The largest absolute Gasteiger partial charge is 0.359 e. The number of carbonyl (C=O) groups is 1. The Kier molecular flexibility index (Phi) is 5.16. The molecule has 0 aromatic heterocycles. The predicted molar refractivity (Wildman–Crippen MR) is 93.4 cm³/mol. The SMILES string of the molecule is C/C(=C\C(=O)c1ccc(C)cc1)Nc1ccccc1C(C)C. The molecule has 0 atom stereocenters. The minimum absolute atomic E-state index is 0.0204. The number of para-hydroxylation sites is 1. The van der Waals surface area contributed by atoms with Crippen LogP contribution < -0.4 is 5.32 Å². The summed E-state index contributed by atoms with van der Waals surface area (Å²) in [6.45, 7) is 8.26. The van der Waals surface area contributed by atoms with Crippen molar-refractivity contribution in [1.82, 2.24) is 0 Å². The molecule has 0 saturated carbocycles. The molecule has 0 spiro atoms. The highest BCUT2D eigenvalue weighted by Gasteiger charge is 2.07. The fourth-order valence-electron chi connectivity index (χ4n) is 2.36. The fourth-order valence-corrected chi connectivity index (χ4v) is 2.36. The average Bonchev–Trinajstić information content (AvgIpc) is 2.48. The van der Waals surface area contributed by atoms with Gasteiger partial charge in [-0.25, -0.2) is 0 Å². The first kappa shape index (κ1) is 16.0. The third kappa shape index (κ3) is 4.08. The van der Waals surface area contributed by atoms with E-state index in [1.165, 1.54) is 5.56 Å². The molecular formula is C20H23NO. The topological polar surface area (TPSA) is 29.1 Å². The maximum Gasteiger partial charge on any atom is 0.187 e. The molecule has 0 fully saturated rings. The quantitative estimate of drug-likeness (QED) is 0.597. The third-order valence-corrected chi connectivity index (χ3v) is 3.60. The van der Waals surface area contributed by atoms with Crippen LogP contribution in [0.3, 0.4) is 0 Å². The first-order valence-corrected chi connectivity index (χ1v) is 7.62. The van der Waals surface area contributed by atoms with Crippen LogP contribution in [0.2, 0.25) is 0 Å². The number of rotatable bonds is 5. The molecule has 1 N–H and O–H groups in total. The number of benzene rings is 2. The van der Waals surface area contributed by atoms with E-state index < -0.39 is 0 Å². The second-order valence-electron chi connectivity index (χ2n) is 5.92. The average molecular weight is 293 g/mol. The maximum atomic E-state index is 12.3. The zero-order chi connectivity index (χ0) is 16.1. The van der Waals surface area contributed by atoms with Crippen molar-refractivity contribution in [2.45, 2.75) is 33.6 Å². The van der Waals surface area contributed by atoms with Gasteiger partial charge in [0.05, 0.1) is 0 Å². The summed E-state index contributed by atoms with van der Waals surface area (Å²) in [5, 5.41) is 3.34. The molecule has 0 saturated heterocycles. The van der Waals surface area contributed by atoms with Crippen LogP contribution in [0, 0.1) is 6.92 Å². The van der Waals surface area contributed by atoms with E-state index in [9.17, 15) is 4.79 Å². The van der Waals surface area contributed by atoms with Crippen molar-refractivity contribution in [3.05, 3.63) is 77.0 Å². The lowest BCUT2D eigenvalue weighted by Gasteiger charge is -2.14. The highest BCUT2D eigenvalue weighted by Crippen LogP contribution is 2.24. The first-order valence-electron chi connectivity index (χ1n) is 7.62. The van der Waals surface area contributed by atoms with Crippen molar-refractivity contribution in [1.29, 1.82) is 0 Å². The van der Waals surface area contributed by atoms with E-state index in [1.807, 2.05) is 56.3 Å². The van der Waals surface area contributed by atoms with Gasteiger partial charge in [-0.1, -0.05) is 61.9 Å². The van der Waals surface area contributed by atoms with Crippen LogP contribution in [0.15, 0.2) is 60.3 Å². The first-order chi connectivity index (χ1) is 10.5. The zero-order valence-electron chi connectivity index (χ0n) is 13.7. The number of allylic oxidation sites excluding steroid dienone is 2. The fraction of sp³-hybridized carbons (Fsp3) is 0.250. The van der Waals surface area contributed by atoms with Crippen LogP contribution in [0.4, 0.5) is 5.69 Å².